The zero-order valence-corrected chi connectivity index (χ0v) is 18.2. The third-order valence-corrected chi connectivity index (χ3v) is 7.14. The fourth-order valence-corrected chi connectivity index (χ4v) is 5.39. The Hall–Kier alpha value is -2.27. The van der Waals surface area contributed by atoms with Crippen molar-refractivity contribution in [2.24, 2.45) is 0 Å². The highest BCUT2D eigenvalue weighted by Gasteiger charge is 2.24. The predicted octanol–water partition coefficient (Wildman–Crippen LogP) is 3.92. The van der Waals surface area contributed by atoms with Crippen LogP contribution in [-0.2, 0) is 23.0 Å². The third-order valence-electron chi connectivity index (χ3n) is 4.78. The van der Waals surface area contributed by atoms with Gasteiger partial charge in [-0.3, -0.25) is 4.72 Å². The van der Waals surface area contributed by atoms with Crippen LogP contribution in [0.2, 0.25) is 5.02 Å². The summed E-state index contributed by atoms with van der Waals surface area (Å²) in [5.41, 5.74) is 3.39. The summed E-state index contributed by atoms with van der Waals surface area (Å²) in [6.45, 7) is 3.50. The standard InChI is InChI=1S/C19H18ClFN4O3S2/c1-11(13-4-2-3-12-5-6-22-9-14(12)13)28-17-8-16(21)18(7-15(17)20)30(26,27)25-19-23-10-24-29-19/h2-4,7-8,10-11,22H,5-6,9H2,1H3,(H,23,24,25)/t11-/m1/s1. The minimum Gasteiger partial charge on any atom is -0.484 e. The molecule has 4 rings (SSSR count). The average molecular weight is 469 g/mol. The number of ether oxygens (including phenoxy) is 1. The molecule has 1 aromatic heterocycles. The van der Waals surface area contributed by atoms with Gasteiger partial charge in [0.15, 0.2) is 0 Å². The molecular weight excluding hydrogens is 451 g/mol. The first-order chi connectivity index (χ1) is 14.3. The molecule has 11 heteroatoms. The Morgan fingerprint density at radius 1 is 1.37 bits per heavy atom. The van der Waals surface area contributed by atoms with Gasteiger partial charge in [-0.15, -0.1) is 0 Å². The molecule has 0 bridgehead atoms. The van der Waals surface area contributed by atoms with E-state index >= 15 is 0 Å². The smallest absolute Gasteiger partial charge is 0.266 e. The maximum Gasteiger partial charge on any atom is 0.266 e. The van der Waals surface area contributed by atoms with Crippen LogP contribution < -0.4 is 14.8 Å². The number of nitrogens with one attached hydrogen (secondary N) is 2. The van der Waals surface area contributed by atoms with Crippen molar-refractivity contribution in [1.82, 2.24) is 14.7 Å². The molecule has 0 saturated carbocycles. The molecule has 0 spiro atoms. The molecule has 0 unspecified atom stereocenters. The van der Waals surface area contributed by atoms with Crippen LogP contribution in [0.1, 0.15) is 29.7 Å². The van der Waals surface area contributed by atoms with Crippen LogP contribution in [0.3, 0.4) is 0 Å². The molecule has 7 nitrogen and oxygen atoms in total. The van der Waals surface area contributed by atoms with E-state index in [1.807, 2.05) is 19.1 Å². The Labute approximate surface area is 182 Å². The van der Waals surface area contributed by atoms with Crippen LogP contribution >= 0.6 is 23.1 Å². The van der Waals surface area contributed by atoms with E-state index in [9.17, 15) is 12.8 Å². The minimum atomic E-state index is -4.21. The Balaban J connectivity index is 1.60. The lowest BCUT2D eigenvalue weighted by Crippen LogP contribution is -2.25. The lowest BCUT2D eigenvalue weighted by atomic mass is 9.93. The first-order valence-electron chi connectivity index (χ1n) is 9.12. The number of nitrogens with zero attached hydrogens (tertiary/aromatic N) is 2. The van der Waals surface area contributed by atoms with E-state index in [-0.39, 0.29) is 15.9 Å². The maximum atomic E-state index is 14.7. The second-order valence-corrected chi connectivity index (χ2v) is 9.57. The van der Waals surface area contributed by atoms with Crippen molar-refractivity contribution < 1.29 is 17.5 Å². The van der Waals surface area contributed by atoms with E-state index in [1.165, 1.54) is 11.9 Å². The number of sulfonamides is 1. The molecule has 3 aromatic rings. The molecule has 0 fully saturated rings. The Bertz CT molecular complexity index is 1170. The van der Waals surface area contributed by atoms with Gasteiger partial charge in [-0.25, -0.2) is 17.8 Å². The Kier molecular flexibility index (Phi) is 5.92. The fourth-order valence-electron chi connectivity index (χ4n) is 3.37. The van der Waals surface area contributed by atoms with E-state index in [2.05, 4.69) is 25.5 Å². The van der Waals surface area contributed by atoms with E-state index in [0.717, 1.165) is 54.3 Å². The first kappa shape index (κ1) is 21.0. The topological polar surface area (TPSA) is 93.2 Å². The van der Waals surface area contributed by atoms with Crippen LogP contribution in [0.15, 0.2) is 41.6 Å². The Morgan fingerprint density at radius 3 is 2.97 bits per heavy atom. The summed E-state index contributed by atoms with van der Waals surface area (Å²) in [6.07, 6.45) is 1.72. The van der Waals surface area contributed by atoms with Crippen molar-refractivity contribution in [1.29, 1.82) is 0 Å². The van der Waals surface area contributed by atoms with E-state index < -0.39 is 26.8 Å². The summed E-state index contributed by atoms with van der Waals surface area (Å²) in [7, 11) is -4.21. The highest BCUT2D eigenvalue weighted by molar-refractivity contribution is 7.93. The van der Waals surface area contributed by atoms with Gasteiger partial charge in [-0.05, 0) is 42.6 Å². The number of hydrogen-bond acceptors (Lipinski definition) is 7. The van der Waals surface area contributed by atoms with E-state index in [4.69, 9.17) is 16.3 Å². The van der Waals surface area contributed by atoms with Gasteiger partial charge in [0.1, 0.15) is 28.9 Å². The highest BCUT2D eigenvalue weighted by Crippen LogP contribution is 2.35. The summed E-state index contributed by atoms with van der Waals surface area (Å²) in [5, 5.41) is 3.36. The fraction of sp³-hybridized carbons (Fsp3) is 0.263. The highest BCUT2D eigenvalue weighted by atomic mass is 35.5. The van der Waals surface area contributed by atoms with Gasteiger partial charge < -0.3 is 10.1 Å². The number of rotatable bonds is 6. The molecule has 2 heterocycles. The van der Waals surface area contributed by atoms with Gasteiger partial charge in [-0.1, -0.05) is 29.8 Å². The number of fused-ring (bicyclic) bond motifs is 1. The molecule has 0 saturated heterocycles. The van der Waals surface area contributed by atoms with Crippen molar-refractivity contribution in [3.8, 4) is 5.75 Å². The molecule has 158 valence electrons. The van der Waals surface area contributed by atoms with Crippen molar-refractivity contribution in [2.45, 2.75) is 30.9 Å². The summed E-state index contributed by atoms with van der Waals surface area (Å²) in [6, 6.07) is 8.04. The van der Waals surface area contributed by atoms with Crippen LogP contribution in [-0.4, -0.2) is 24.3 Å². The van der Waals surface area contributed by atoms with Crippen molar-refractivity contribution >= 4 is 38.3 Å². The zero-order chi connectivity index (χ0) is 21.3. The summed E-state index contributed by atoms with van der Waals surface area (Å²) in [4.78, 5) is 3.14. The predicted molar refractivity (Wildman–Crippen MR) is 113 cm³/mol. The Morgan fingerprint density at radius 2 is 2.20 bits per heavy atom. The van der Waals surface area contributed by atoms with Crippen LogP contribution in [0, 0.1) is 5.82 Å². The molecular formula is C19H18ClFN4O3S2. The van der Waals surface area contributed by atoms with Crippen molar-refractivity contribution in [2.75, 3.05) is 11.3 Å². The van der Waals surface area contributed by atoms with E-state index in [0.29, 0.717) is 0 Å². The first-order valence-corrected chi connectivity index (χ1v) is 11.7. The zero-order valence-electron chi connectivity index (χ0n) is 15.9. The number of halogens is 2. The molecule has 30 heavy (non-hydrogen) atoms. The monoisotopic (exact) mass is 468 g/mol. The van der Waals surface area contributed by atoms with Crippen molar-refractivity contribution in [3.63, 3.8) is 0 Å². The van der Waals surface area contributed by atoms with Gasteiger partial charge in [0.05, 0.1) is 5.02 Å². The minimum absolute atomic E-state index is 0.0104. The summed E-state index contributed by atoms with van der Waals surface area (Å²) in [5.74, 6) is -0.909. The lowest BCUT2D eigenvalue weighted by Gasteiger charge is -2.24. The lowest BCUT2D eigenvalue weighted by molar-refractivity contribution is 0.224. The summed E-state index contributed by atoms with van der Waals surface area (Å²) >= 11 is 7.08. The second kappa shape index (κ2) is 8.46. The SMILES string of the molecule is C[C@@H](Oc1cc(F)c(S(=O)(=O)Nc2ncns2)cc1Cl)c1cccc2c1CNCC2. The molecule has 1 aliphatic rings. The number of hydrogen-bond donors (Lipinski definition) is 2. The molecule has 0 aliphatic carbocycles. The summed E-state index contributed by atoms with van der Waals surface area (Å²) < 4.78 is 51.4. The number of anilines is 1. The number of aromatic nitrogens is 2. The maximum absolute atomic E-state index is 14.7. The third kappa shape index (κ3) is 4.27. The average Bonchev–Trinajstić information content (AvgIpc) is 3.22. The van der Waals surface area contributed by atoms with E-state index in [1.54, 1.807) is 0 Å². The molecule has 2 N–H and O–H groups in total. The van der Waals surface area contributed by atoms with Gasteiger partial charge in [0, 0.05) is 24.1 Å². The molecule has 0 radical (unpaired) electrons. The van der Waals surface area contributed by atoms with Gasteiger partial charge in [0.2, 0.25) is 5.13 Å². The molecule has 1 atom stereocenters. The quantitative estimate of drug-likeness (QED) is 0.569. The second-order valence-electron chi connectivity index (χ2n) is 6.74. The largest absolute Gasteiger partial charge is 0.484 e. The molecule has 0 amide bonds. The van der Waals surface area contributed by atoms with Gasteiger partial charge in [0.25, 0.3) is 10.0 Å². The van der Waals surface area contributed by atoms with Gasteiger partial charge >= 0.3 is 0 Å². The van der Waals surface area contributed by atoms with Gasteiger partial charge in [-0.2, -0.15) is 4.37 Å². The van der Waals surface area contributed by atoms with Crippen LogP contribution in [0.25, 0.3) is 0 Å². The van der Waals surface area contributed by atoms with Crippen molar-refractivity contribution in [3.05, 3.63) is 64.2 Å². The number of benzene rings is 2. The molecule has 2 aromatic carbocycles. The molecule has 1 aliphatic heterocycles. The van der Waals surface area contributed by atoms with Crippen LogP contribution in [0.5, 0.6) is 5.75 Å². The normalized spacial score (nSPS) is 14.8. The van der Waals surface area contributed by atoms with Crippen LogP contribution in [0.4, 0.5) is 9.52 Å².